The van der Waals surface area contributed by atoms with Gasteiger partial charge >= 0.3 is 12.1 Å². The molecule has 0 heterocycles. The summed E-state index contributed by atoms with van der Waals surface area (Å²) >= 11 is 0. The third-order valence-electron chi connectivity index (χ3n) is 4.76. The molecule has 0 saturated heterocycles. The van der Waals surface area contributed by atoms with Crippen molar-refractivity contribution in [3.8, 4) is 5.75 Å². The largest absolute Gasteiger partial charge is 0.497 e. The molecule has 0 aliphatic heterocycles. The number of benzene rings is 1. The topological polar surface area (TPSA) is 97.9 Å². The highest BCUT2D eigenvalue weighted by atomic mass is 16.6. The second kappa shape index (κ2) is 10.9. The fourth-order valence-corrected chi connectivity index (χ4v) is 3.38. The van der Waals surface area contributed by atoms with Crippen LogP contribution >= 0.6 is 0 Å². The zero-order valence-corrected chi connectivity index (χ0v) is 18.7. The lowest BCUT2D eigenvalue weighted by Crippen LogP contribution is -2.42. The summed E-state index contributed by atoms with van der Waals surface area (Å²) in [5, 5.41) is 9.64. The van der Waals surface area contributed by atoms with Crippen LogP contribution < -0.4 is 20.7 Å². The Hall–Kier alpha value is -2.64. The monoisotopic (exact) mass is 421 g/mol. The molecule has 30 heavy (non-hydrogen) atoms. The highest BCUT2D eigenvalue weighted by Gasteiger charge is 2.25. The predicted octanol–water partition coefficient (Wildman–Crippen LogP) is 3.92. The molecule has 3 N–H and O–H groups in total. The number of ether oxygens (including phenoxy) is 3. The van der Waals surface area contributed by atoms with Crippen molar-refractivity contribution >= 4 is 23.4 Å². The normalized spacial score (nSPS) is 18.8. The Morgan fingerprint density at radius 2 is 1.73 bits per heavy atom. The maximum absolute atomic E-state index is 12.0. The van der Waals surface area contributed by atoms with Crippen LogP contribution in [-0.2, 0) is 14.3 Å². The standard InChI is InChI=1S/C22H35N3O5/c1-6-29-20(26)14-23-18-12-11-17(28-5)13-19(18)24-15-7-9-16(10-8-15)25-21(27)30-22(2,3)4/h11-13,15-16,23-24H,6-10,14H2,1-5H3,(H,25,27)/t15-,16-. The van der Waals surface area contributed by atoms with Gasteiger partial charge < -0.3 is 30.2 Å². The SMILES string of the molecule is CCOC(=O)CNc1ccc(OC)cc1N[C@H]1CC[C@H](NC(=O)OC(C)(C)C)CC1. The lowest BCUT2D eigenvalue weighted by Gasteiger charge is -2.31. The average Bonchev–Trinajstić information content (AvgIpc) is 2.67. The second-order valence-corrected chi connectivity index (χ2v) is 8.41. The van der Waals surface area contributed by atoms with Gasteiger partial charge in [0.2, 0.25) is 0 Å². The summed E-state index contributed by atoms with van der Waals surface area (Å²) in [5.41, 5.74) is 1.20. The predicted molar refractivity (Wildman–Crippen MR) is 117 cm³/mol. The first-order chi connectivity index (χ1) is 14.2. The molecule has 1 aromatic rings. The highest BCUT2D eigenvalue weighted by Crippen LogP contribution is 2.30. The first-order valence-electron chi connectivity index (χ1n) is 10.5. The van der Waals surface area contributed by atoms with Crippen LogP contribution in [0.2, 0.25) is 0 Å². The van der Waals surface area contributed by atoms with Gasteiger partial charge in [-0.25, -0.2) is 4.79 Å². The van der Waals surface area contributed by atoms with Crippen LogP contribution in [0.25, 0.3) is 0 Å². The molecule has 8 heteroatoms. The third-order valence-corrected chi connectivity index (χ3v) is 4.76. The van der Waals surface area contributed by atoms with E-state index in [-0.39, 0.29) is 30.7 Å². The molecule has 0 unspecified atom stereocenters. The van der Waals surface area contributed by atoms with Gasteiger partial charge in [-0.3, -0.25) is 4.79 Å². The summed E-state index contributed by atoms with van der Waals surface area (Å²) in [6.45, 7) is 7.81. The lowest BCUT2D eigenvalue weighted by atomic mass is 9.91. The summed E-state index contributed by atoms with van der Waals surface area (Å²) in [6.07, 6.45) is 3.19. The third kappa shape index (κ3) is 8.00. The molecule has 0 atom stereocenters. The molecule has 1 fully saturated rings. The van der Waals surface area contributed by atoms with Crippen LogP contribution in [0.4, 0.5) is 16.2 Å². The summed E-state index contributed by atoms with van der Waals surface area (Å²) in [4.78, 5) is 23.7. The number of rotatable bonds is 8. The molecule has 1 amide bonds. The van der Waals surface area contributed by atoms with Crippen LogP contribution in [-0.4, -0.2) is 50.0 Å². The van der Waals surface area contributed by atoms with E-state index in [1.165, 1.54) is 0 Å². The van der Waals surface area contributed by atoms with Gasteiger partial charge in [0.1, 0.15) is 17.9 Å². The molecule has 1 aliphatic rings. The van der Waals surface area contributed by atoms with Crippen LogP contribution in [0.1, 0.15) is 53.4 Å². The number of alkyl carbamates (subject to hydrolysis) is 1. The summed E-state index contributed by atoms with van der Waals surface area (Å²) < 4.78 is 15.7. The molecule has 2 rings (SSSR count). The number of methoxy groups -OCH3 is 1. The van der Waals surface area contributed by atoms with E-state index >= 15 is 0 Å². The van der Waals surface area contributed by atoms with Crippen molar-refractivity contribution in [1.82, 2.24) is 5.32 Å². The smallest absolute Gasteiger partial charge is 0.407 e. The Kier molecular flexibility index (Phi) is 8.62. The van der Waals surface area contributed by atoms with Gasteiger partial charge in [0.05, 0.1) is 25.1 Å². The van der Waals surface area contributed by atoms with Crippen molar-refractivity contribution in [2.45, 2.75) is 71.1 Å². The van der Waals surface area contributed by atoms with Gasteiger partial charge in [-0.05, 0) is 65.5 Å². The van der Waals surface area contributed by atoms with E-state index in [2.05, 4.69) is 16.0 Å². The van der Waals surface area contributed by atoms with Gasteiger partial charge in [-0.1, -0.05) is 0 Å². The number of carbonyl (C=O) groups excluding carboxylic acids is 2. The fraction of sp³-hybridized carbons (Fsp3) is 0.636. The van der Waals surface area contributed by atoms with Gasteiger partial charge in [-0.15, -0.1) is 0 Å². The van der Waals surface area contributed by atoms with E-state index in [0.29, 0.717) is 6.61 Å². The van der Waals surface area contributed by atoms with Crippen molar-refractivity contribution in [3.05, 3.63) is 18.2 Å². The number of amides is 1. The Morgan fingerprint density at radius 3 is 2.33 bits per heavy atom. The van der Waals surface area contributed by atoms with Crippen LogP contribution in [0, 0.1) is 0 Å². The molecule has 1 saturated carbocycles. The Morgan fingerprint density at radius 1 is 1.07 bits per heavy atom. The van der Waals surface area contributed by atoms with Crippen LogP contribution in [0.3, 0.4) is 0 Å². The van der Waals surface area contributed by atoms with E-state index in [9.17, 15) is 9.59 Å². The molecule has 0 aromatic heterocycles. The molecular weight excluding hydrogens is 386 g/mol. The average molecular weight is 422 g/mol. The number of esters is 1. The zero-order chi connectivity index (χ0) is 22.1. The van der Waals surface area contributed by atoms with E-state index in [0.717, 1.165) is 42.8 Å². The van der Waals surface area contributed by atoms with Crippen molar-refractivity contribution in [1.29, 1.82) is 0 Å². The number of anilines is 2. The van der Waals surface area contributed by atoms with E-state index < -0.39 is 5.60 Å². The fourth-order valence-electron chi connectivity index (χ4n) is 3.38. The quantitative estimate of drug-likeness (QED) is 0.547. The maximum Gasteiger partial charge on any atom is 0.407 e. The minimum Gasteiger partial charge on any atom is -0.497 e. The number of carbonyl (C=O) groups is 2. The molecular formula is C22H35N3O5. The molecule has 0 bridgehead atoms. The Balaban J connectivity index is 1.91. The van der Waals surface area contributed by atoms with Gasteiger partial charge in [0, 0.05) is 18.2 Å². The summed E-state index contributed by atoms with van der Waals surface area (Å²) in [7, 11) is 1.62. The molecule has 0 radical (unpaired) electrons. The minimum absolute atomic E-state index is 0.0986. The molecule has 1 aromatic carbocycles. The summed E-state index contributed by atoms with van der Waals surface area (Å²) in [5.74, 6) is 0.437. The van der Waals surface area contributed by atoms with Crippen molar-refractivity contribution in [3.63, 3.8) is 0 Å². The Labute approximate surface area is 179 Å². The zero-order valence-electron chi connectivity index (χ0n) is 18.7. The van der Waals surface area contributed by atoms with E-state index in [1.54, 1.807) is 14.0 Å². The van der Waals surface area contributed by atoms with Crippen LogP contribution in [0.15, 0.2) is 18.2 Å². The molecule has 168 valence electrons. The molecule has 0 spiro atoms. The summed E-state index contributed by atoms with van der Waals surface area (Å²) in [6, 6.07) is 6.02. The first kappa shape index (κ1) is 23.6. The van der Waals surface area contributed by atoms with Crippen molar-refractivity contribution in [2.24, 2.45) is 0 Å². The van der Waals surface area contributed by atoms with Gasteiger partial charge in [0.25, 0.3) is 0 Å². The number of hydrogen-bond acceptors (Lipinski definition) is 7. The van der Waals surface area contributed by atoms with E-state index in [4.69, 9.17) is 14.2 Å². The van der Waals surface area contributed by atoms with Gasteiger partial charge in [-0.2, -0.15) is 0 Å². The van der Waals surface area contributed by atoms with Gasteiger partial charge in [0.15, 0.2) is 0 Å². The maximum atomic E-state index is 12.0. The highest BCUT2D eigenvalue weighted by molar-refractivity contribution is 5.79. The Bertz CT molecular complexity index is 709. The number of nitrogens with one attached hydrogen (secondary N) is 3. The first-order valence-corrected chi connectivity index (χ1v) is 10.5. The van der Waals surface area contributed by atoms with Crippen molar-refractivity contribution < 1.29 is 23.8 Å². The number of hydrogen-bond donors (Lipinski definition) is 3. The van der Waals surface area contributed by atoms with Crippen LogP contribution in [0.5, 0.6) is 5.75 Å². The minimum atomic E-state index is -0.498. The second-order valence-electron chi connectivity index (χ2n) is 8.41. The van der Waals surface area contributed by atoms with Crippen molar-refractivity contribution in [2.75, 3.05) is 30.9 Å². The molecule has 1 aliphatic carbocycles. The molecule has 8 nitrogen and oxygen atoms in total. The van der Waals surface area contributed by atoms with E-state index in [1.807, 2.05) is 39.0 Å². The lowest BCUT2D eigenvalue weighted by molar-refractivity contribution is -0.140.